The second-order valence-corrected chi connectivity index (χ2v) is 6.87. The van der Waals surface area contributed by atoms with Gasteiger partial charge in [-0.3, -0.25) is 4.79 Å². The molecular formula is C18H23N5O. The smallest absolute Gasteiger partial charge is 0.244 e. The van der Waals surface area contributed by atoms with E-state index in [9.17, 15) is 4.79 Å². The molecule has 1 N–H and O–H groups in total. The maximum atomic E-state index is 13.0. The number of aromatic nitrogens is 3. The number of nitrogens with zero attached hydrogens (tertiary/aromatic N) is 4. The van der Waals surface area contributed by atoms with Gasteiger partial charge in [-0.25, -0.2) is 9.67 Å². The molecule has 0 saturated carbocycles. The molecule has 2 aliphatic heterocycles. The van der Waals surface area contributed by atoms with Crippen molar-refractivity contribution in [3.05, 3.63) is 42.0 Å². The van der Waals surface area contributed by atoms with Crippen LogP contribution in [0.2, 0.25) is 0 Å². The Balaban J connectivity index is 1.45. The first-order valence-corrected chi connectivity index (χ1v) is 8.67. The number of hydrogen-bond donors (Lipinski definition) is 1. The van der Waals surface area contributed by atoms with Gasteiger partial charge in [0.1, 0.15) is 12.2 Å². The average molecular weight is 325 g/mol. The summed E-state index contributed by atoms with van der Waals surface area (Å²) >= 11 is 0. The van der Waals surface area contributed by atoms with Crippen LogP contribution >= 0.6 is 0 Å². The lowest BCUT2D eigenvalue weighted by molar-refractivity contribution is -0.120. The fourth-order valence-electron chi connectivity index (χ4n) is 3.91. The monoisotopic (exact) mass is 325 g/mol. The molecule has 2 aliphatic rings. The summed E-state index contributed by atoms with van der Waals surface area (Å²) in [5.41, 5.74) is 2.32. The number of amides is 1. The van der Waals surface area contributed by atoms with Crippen molar-refractivity contribution in [3.8, 4) is 0 Å². The number of nitrogens with one attached hydrogen (secondary N) is 1. The minimum absolute atomic E-state index is 0.150. The zero-order chi connectivity index (χ0) is 16.7. The van der Waals surface area contributed by atoms with E-state index >= 15 is 0 Å². The number of carbonyl (C=O) groups is 1. The van der Waals surface area contributed by atoms with Crippen LogP contribution in [0, 0.1) is 0 Å². The molecule has 2 aromatic rings. The number of carbonyl (C=O) groups excluding carboxylic acids is 1. The lowest BCUT2D eigenvalue weighted by Crippen LogP contribution is -2.52. The maximum Gasteiger partial charge on any atom is 0.244 e. The molecule has 6 nitrogen and oxygen atoms in total. The minimum Gasteiger partial charge on any atom is -0.308 e. The summed E-state index contributed by atoms with van der Waals surface area (Å²) in [5.74, 6) is 1.19. The average Bonchev–Trinajstić information content (AvgIpc) is 3.16. The summed E-state index contributed by atoms with van der Waals surface area (Å²) in [6, 6.07) is 8.46. The summed E-state index contributed by atoms with van der Waals surface area (Å²) in [4.78, 5) is 19.2. The van der Waals surface area contributed by atoms with E-state index in [1.807, 2.05) is 34.7 Å². The van der Waals surface area contributed by atoms with Crippen molar-refractivity contribution in [2.45, 2.75) is 57.8 Å². The summed E-state index contributed by atoms with van der Waals surface area (Å²) in [6.07, 6.45) is 4.43. The van der Waals surface area contributed by atoms with E-state index in [0.29, 0.717) is 0 Å². The second kappa shape index (κ2) is 6.02. The number of aryl methyl sites for hydroxylation is 1. The van der Waals surface area contributed by atoms with E-state index in [2.05, 4.69) is 28.4 Å². The summed E-state index contributed by atoms with van der Waals surface area (Å²) in [6.45, 7) is 4.86. The van der Waals surface area contributed by atoms with E-state index in [1.54, 1.807) is 6.33 Å². The first-order chi connectivity index (χ1) is 11.6. The Morgan fingerprint density at radius 1 is 1.38 bits per heavy atom. The molecule has 3 atom stereocenters. The maximum absolute atomic E-state index is 13.0. The van der Waals surface area contributed by atoms with Crippen LogP contribution in [-0.2, 0) is 24.2 Å². The molecule has 3 heterocycles. The molecule has 126 valence electrons. The molecule has 1 aromatic heterocycles. The van der Waals surface area contributed by atoms with Gasteiger partial charge >= 0.3 is 0 Å². The van der Waals surface area contributed by atoms with E-state index < -0.39 is 0 Å². The molecule has 0 saturated heterocycles. The Kier molecular flexibility index (Phi) is 3.84. The van der Waals surface area contributed by atoms with Crippen molar-refractivity contribution < 1.29 is 4.79 Å². The van der Waals surface area contributed by atoms with Crippen LogP contribution in [0.5, 0.6) is 0 Å². The van der Waals surface area contributed by atoms with Crippen molar-refractivity contribution in [2.24, 2.45) is 0 Å². The van der Waals surface area contributed by atoms with Crippen molar-refractivity contribution >= 4 is 11.6 Å². The lowest BCUT2D eigenvalue weighted by atomic mass is 10.1. The number of anilines is 1. The third-order valence-electron chi connectivity index (χ3n) is 5.11. The topological polar surface area (TPSA) is 63.1 Å². The SMILES string of the molecule is C[C@H](N[C@@H]1CCc2ncnn2C1)C(=O)N1c2ccccc2C[C@@H]1C. The Morgan fingerprint density at radius 2 is 2.21 bits per heavy atom. The standard InChI is InChI=1S/C18H23N5O/c1-12-9-14-5-3-4-6-16(14)23(12)18(24)13(2)21-15-7-8-17-19-11-20-22(17)10-15/h3-6,11-13,15,21H,7-10H2,1-2H3/t12-,13-,15+/m0/s1. The van der Waals surface area contributed by atoms with Gasteiger partial charge in [0, 0.05) is 24.2 Å². The molecule has 0 unspecified atom stereocenters. The molecule has 0 radical (unpaired) electrons. The molecule has 1 aromatic carbocycles. The van der Waals surface area contributed by atoms with Crippen LogP contribution in [0.1, 0.15) is 31.7 Å². The Bertz CT molecular complexity index is 755. The van der Waals surface area contributed by atoms with Gasteiger partial charge in [-0.2, -0.15) is 5.10 Å². The van der Waals surface area contributed by atoms with Crippen LogP contribution < -0.4 is 10.2 Å². The van der Waals surface area contributed by atoms with Gasteiger partial charge in [-0.1, -0.05) is 18.2 Å². The van der Waals surface area contributed by atoms with E-state index in [-0.39, 0.29) is 24.0 Å². The molecule has 0 spiro atoms. The van der Waals surface area contributed by atoms with Crippen LogP contribution in [-0.4, -0.2) is 38.8 Å². The normalized spacial score (nSPS) is 23.7. The molecule has 24 heavy (non-hydrogen) atoms. The van der Waals surface area contributed by atoms with Gasteiger partial charge < -0.3 is 10.2 Å². The van der Waals surface area contributed by atoms with Gasteiger partial charge in [-0.15, -0.1) is 0 Å². The second-order valence-electron chi connectivity index (χ2n) is 6.87. The lowest BCUT2D eigenvalue weighted by Gasteiger charge is -2.30. The Labute approximate surface area is 141 Å². The first kappa shape index (κ1) is 15.3. The number of benzene rings is 1. The molecule has 6 heteroatoms. The zero-order valence-electron chi connectivity index (χ0n) is 14.1. The highest BCUT2D eigenvalue weighted by atomic mass is 16.2. The largest absolute Gasteiger partial charge is 0.308 e. The van der Waals surface area contributed by atoms with E-state index in [4.69, 9.17) is 0 Å². The quantitative estimate of drug-likeness (QED) is 0.930. The number of para-hydroxylation sites is 1. The summed E-state index contributed by atoms with van der Waals surface area (Å²) in [7, 11) is 0. The highest BCUT2D eigenvalue weighted by molar-refractivity contribution is 5.99. The molecular weight excluding hydrogens is 302 g/mol. The van der Waals surface area contributed by atoms with Crippen LogP contribution in [0.15, 0.2) is 30.6 Å². The predicted octanol–water partition coefficient (Wildman–Crippen LogP) is 1.55. The Morgan fingerprint density at radius 3 is 3.08 bits per heavy atom. The van der Waals surface area contributed by atoms with Gasteiger partial charge in [0.25, 0.3) is 0 Å². The minimum atomic E-state index is -0.214. The van der Waals surface area contributed by atoms with E-state index in [0.717, 1.165) is 37.3 Å². The molecule has 0 bridgehead atoms. The highest BCUT2D eigenvalue weighted by Gasteiger charge is 2.34. The highest BCUT2D eigenvalue weighted by Crippen LogP contribution is 2.32. The van der Waals surface area contributed by atoms with Crippen molar-refractivity contribution in [1.29, 1.82) is 0 Å². The van der Waals surface area contributed by atoms with Gasteiger partial charge in [0.15, 0.2) is 0 Å². The number of fused-ring (bicyclic) bond motifs is 2. The molecule has 4 rings (SSSR count). The van der Waals surface area contributed by atoms with Gasteiger partial charge in [-0.05, 0) is 38.3 Å². The van der Waals surface area contributed by atoms with E-state index in [1.165, 1.54) is 5.56 Å². The molecule has 0 fully saturated rings. The number of rotatable bonds is 3. The molecule has 0 aliphatic carbocycles. The summed E-state index contributed by atoms with van der Waals surface area (Å²) < 4.78 is 1.94. The third-order valence-corrected chi connectivity index (χ3v) is 5.11. The van der Waals surface area contributed by atoms with Crippen molar-refractivity contribution in [3.63, 3.8) is 0 Å². The third kappa shape index (κ3) is 2.60. The zero-order valence-corrected chi connectivity index (χ0v) is 14.1. The van der Waals surface area contributed by atoms with Crippen LogP contribution in [0.3, 0.4) is 0 Å². The molecule has 1 amide bonds. The fourth-order valence-corrected chi connectivity index (χ4v) is 3.91. The Hall–Kier alpha value is -2.21. The van der Waals surface area contributed by atoms with Crippen LogP contribution in [0.25, 0.3) is 0 Å². The first-order valence-electron chi connectivity index (χ1n) is 8.67. The van der Waals surface area contributed by atoms with Gasteiger partial charge in [0.05, 0.1) is 12.6 Å². The van der Waals surface area contributed by atoms with Crippen molar-refractivity contribution in [1.82, 2.24) is 20.1 Å². The summed E-state index contributed by atoms with van der Waals surface area (Å²) in [5, 5.41) is 7.75. The fraction of sp³-hybridized carbons (Fsp3) is 0.500. The number of hydrogen-bond acceptors (Lipinski definition) is 4. The van der Waals surface area contributed by atoms with Crippen LogP contribution in [0.4, 0.5) is 5.69 Å². The predicted molar refractivity (Wildman–Crippen MR) is 91.8 cm³/mol. The van der Waals surface area contributed by atoms with Crippen molar-refractivity contribution in [2.75, 3.05) is 4.90 Å². The van der Waals surface area contributed by atoms with Gasteiger partial charge in [0.2, 0.25) is 5.91 Å².